The van der Waals surface area contributed by atoms with Gasteiger partial charge < -0.3 is 29.9 Å². The van der Waals surface area contributed by atoms with Crippen LogP contribution in [0.3, 0.4) is 0 Å². The van der Waals surface area contributed by atoms with Gasteiger partial charge in [0.1, 0.15) is 0 Å². The van der Waals surface area contributed by atoms with Crippen molar-refractivity contribution in [3.05, 3.63) is 57.0 Å². The predicted molar refractivity (Wildman–Crippen MR) is 83.9 cm³/mol. The number of hydrogen-bond acceptors (Lipinski definition) is 1. The third-order valence-electron chi connectivity index (χ3n) is 2.51. The average Bonchev–Trinajstić information content (AvgIpc) is 2.79. The van der Waals surface area contributed by atoms with Crippen LogP contribution in [-0.4, -0.2) is 5.11 Å². The van der Waals surface area contributed by atoms with Gasteiger partial charge in [-0.15, -0.1) is 0 Å². The van der Waals surface area contributed by atoms with Crippen molar-refractivity contribution in [2.45, 2.75) is 26.2 Å². The Kier molecular flexibility index (Phi) is 14.9. The molecule has 0 saturated heterocycles. The largest absolute Gasteiger partial charge is 3.00 e. The number of rotatable bonds is 0. The first-order valence-electron chi connectivity index (χ1n) is 5.77. The molecule has 0 spiro atoms. The van der Waals surface area contributed by atoms with Crippen LogP contribution >= 0.6 is 34.8 Å². The van der Waals surface area contributed by atoms with Crippen molar-refractivity contribution in [2.75, 3.05) is 0 Å². The molecule has 1 radical (unpaired) electrons. The maximum Gasteiger partial charge on any atom is 3.00 e. The van der Waals surface area contributed by atoms with Gasteiger partial charge in [0.25, 0.3) is 0 Å². The molecule has 121 valence electrons. The van der Waals surface area contributed by atoms with E-state index in [2.05, 4.69) is 45.0 Å². The van der Waals surface area contributed by atoms with Crippen LogP contribution in [0.2, 0.25) is 15.1 Å². The molecular weight excluding hydrogens is 421 g/mol. The van der Waals surface area contributed by atoms with Crippen molar-refractivity contribution in [3.63, 3.8) is 0 Å². The zero-order chi connectivity index (χ0) is 14.6. The van der Waals surface area contributed by atoms with Crippen LogP contribution < -0.4 is 24.8 Å². The molecule has 0 saturated carbocycles. The van der Waals surface area contributed by atoms with E-state index < -0.39 is 0 Å². The van der Waals surface area contributed by atoms with Gasteiger partial charge in [-0.1, -0.05) is 55.6 Å². The Morgan fingerprint density at radius 1 is 1.00 bits per heavy atom. The van der Waals surface area contributed by atoms with Crippen molar-refractivity contribution in [1.29, 1.82) is 0 Å². The van der Waals surface area contributed by atoms with Gasteiger partial charge in [-0.2, -0.15) is 17.7 Å². The smallest absolute Gasteiger partial charge is 1.00 e. The van der Waals surface area contributed by atoms with Crippen LogP contribution in [0, 0.1) is 0 Å². The van der Waals surface area contributed by atoms with Crippen LogP contribution in [0.15, 0.2) is 36.4 Å². The number of hydrogen-bond donors (Lipinski definition) is 1. The van der Waals surface area contributed by atoms with Gasteiger partial charge in [-0.3, -0.25) is 0 Å². The third-order valence-corrected chi connectivity index (χ3v) is 3.30. The SMILES string of the molecule is CC(C)(C)c1ccc[cH-]1.Oc1c(Cl)cc(Cl)cc1Cl.[Cl-].[Cl-].[Ti+3]. The molecule has 1 N–H and O–H groups in total. The van der Waals surface area contributed by atoms with Crippen molar-refractivity contribution < 1.29 is 51.6 Å². The summed E-state index contributed by atoms with van der Waals surface area (Å²) in [7, 11) is 0. The fourth-order valence-electron chi connectivity index (χ4n) is 1.41. The Balaban J connectivity index is -0.000000290. The number of phenols is 1. The van der Waals surface area contributed by atoms with Crippen LogP contribution in [0.4, 0.5) is 0 Å². The number of benzene rings is 1. The Hall–Kier alpha value is 0.534. The van der Waals surface area contributed by atoms with E-state index in [0.717, 1.165) is 0 Å². The van der Waals surface area contributed by atoms with Crippen molar-refractivity contribution in [1.82, 2.24) is 0 Å². The molecule has 0 amide bonds. The van der Waals surface area contributed by atoms with Gasteiger partial charge in [0.05, 0.1) is 10.0 Å². The van der Waals surface area contributed by atoms with E-state index in [9.17, 15) is 0 Å². The molecule has 0 aromatic heterocycles. The molecule has 0 unspecified atom stereocenters. The van der Waals surface area contributed by atoms with Gasteiger partial charge in [0, 0.05) is 5.02 Å². The first kappa shape index (κ1) is 27.4. The van der Waals surface area contributed by atoms with Gasteiger partial charge >= 0.3 is 21.7 Å². The predicted octanol–water partition coefficient (Wildman–Crippen LogP) is 0.0609. The molecule has 0 bridgehead atoms. The monoisotopic (exact) mass is 435 g/mol. The van der Waals surface area contributed by atoms with E-state index in [-0.39, 0.29) is 62.3 Å². The minimum Gasteiger partial charge on any atom is -1.00 e. The van der Waals surface area contributed by atoms with Gasteiger partial charge in [0.15, 0.2) is 5.75 Å². The Morgan fingerprint density at radius 3 is 1.73 bits per heavy atom. The standard InChI is InChI=1S/C9H13.C6H3Cl3O.2ClH.Ti/c1-9(2,3)8-6-4-5-7-8;7-3-1-4(8)6(10)5(9)2-3;;;/h4-7H,1-3H3;1-2,10H;2*1H;/q-1;;;;+3/p-2. The Bertz CT molecular complexity index is 512. The second kappa shape index (κ2) is 12.0. The first-order valence-corrected chi connectivity index (χ1v) is 6.91. The second-order valence-corrected chi connectivity index (χ2v) is 6.39. The quantitative estimate of drug-likeness (QED) is 0.457. The molecule has 22 heavy (non-hydrogen) atoms. The summed E-state index contributed by atoms with van der Waals surface area (Å²) in [6, 6.07) is 11.3. The molecule has 0 fully saturated rings. The van der Waals surface area contributed by atoms with Crippen LogP contribution in [0.1, 0.15) is 26.3 Å². The van der Waals surface area contributed by atoms with E-state index in [1.807, 2.05) is 0 Å². The summed E-state index contributed by atoms with van der Waals surface area (Å²) in [4.78, 5) is 0. The minimum atomic E-state index is -0.132. The average molecular weight is 437 g/mol. The molecule has 0 atom stereocenters. The van der Waals surface area contributed by atoms with Crippen LogP contribution in [-0.2, 0) is 27.1 Å². The normalized spacial score (nSPS) is 9.36. The third kappa shape index (κ3) is 8.98. The summed E-state index contributed by atoms with van der Waals surface area (Å²) in [6.45, 7) is 6.67. The minimum absolute atomic E-state index is 0. The van der Waals surface area contributed by atoms with E-state index in [1.165, 1.54) is 17.7 Å². The summed E-state index contributed by atoms with van der Waals surface area (Å²) >= 11 is 16.5. The number of halogens is 5. The topological polar surface area (TPSA) is 20.2 Å². The summed E-state index contributed by atoms with van der Waals surface area (Å²) < 4.78 is 0. The molecule has 0 aliphatic rings. The Labute approximate surface area is 174 Å². The molecule has 0 aliphatic heterocycles. The van der Waals surface area contributed by atoms with E-state index in [0.29, 0.717) is 10.4 Å². The van der Waals surface area contributed by atoms with Gasteiger partial charge in [0.2, 0.25) is 0 Å². The van der Waals surface area contributed by atoms with Crippen LogP contribution in [0.25, 0.3) is 0 Å². The molecule has 2 aromatic rings. The molecule has 1 nitrogen and oxygen atoms in total. The van der Waals surface area contributed by atoms with Gasteiger partial charge in [-0.25, -0.2) is 12.1 Å². The maximum atomic E-state index is 9.01. The summed E-state index contributed by atoms with van der Waals surface area (Å²) in [5, 5.41) is 9.75. The number of phenolic OH excluding ortho intramolecular Hbond substituents is 1. The summed E-state index contributed by atoms with van der Waals surface area (Å²) in [5.41, 5.74) is 1.74. The van der Waals surface area contributed by atoms with Crippen LogP contribution in [0.5, 0.6) is 5.75 Å². The molecule has 7 heteroatoms. The van der Waals surface area contributed by atoms with E-state index in [1.54, 1.807) is 0 Å². The van der Waals surface area contributed by atoms with Crippen molar-refractivity contribution in [2.24, 2.45) is 0 Å². The van der Waals surface area contributed by atoms with E-state index in [4.69, 9.17) is 39.9 Å². The number of aromatic hydroxyl groups is 1. The fraction of sp³-hybridized carbons (Fsp3) is 0.267. The Morgan fingerprint density at radius 2 is 1.45 bits per heavy atom. The van der Waals surface area contributed by atoms with Gasteiger partial charge in [-0.05, 0) is 17.5 Å². The van der Waals surface area contributed by atoms with E-state index >= 15 is 0 Å². The molecule has 2 rings (SSSR count). The summed E-state index contributed by atoms with van der Waals surface area (Å²) in [6.07, 6.45) is 0. The second-order valence-electron chi connectivity index (χ2n) is 5.14. The molecule has 0 aliphatic carbocycles. The molecule has 2 aromatic carbocycles. The molecule has 0 heterocycles. The zero-order valence-electron chi connectivity index (χ0n) is 12.3. The summed E-state index contributed by atoms with van der Waals surface area (Å²) in [5.74, 6) is -0.132. The maximum absolute atomic E-state index is 9.01. The zero-order valence-corrected chi connectivity index (χ0v) is 17.6. The van der Waals surface area contributed by atoms with Crippen molar-refractivity contribution >= 4 is 34.8 Å². The van der Waals surface area contributed by atoms with Crippen molar-refractivity contribution in [3.8, 4) is 5.75 Å². The fourth-order valence-corrected chi connectivity index (χ4v) is 2.23. The molecular formula is C15H16Cl5OTi. The first-order chi connectivity index (χ1) is 8.71.